The summed E-state index contributed by atoms with van der Waals surface area (Å²) < 4.78 is 5.54. The third kappa shape index (κ3) is 2.90. The molecule has 0 saturated carbocycles. The molecule has 2 heterocycles. The summed E-state index contributed by atoms with van der Waals surface area (Å²) in [4.78, 5) is 14.0. The molecule has 4 nitrogen and oxygen atoms in total. The first-order valence-corrected chi connectivity index (χ1v) is 7.65. The maximum atomic E-state index is 12.3. The standard InChI is InChI=1S/C13H19NO3S/c1-18-9-11-5-6-12(17-11)13(16)14-7-3-2-4-10(14)8-15/h5-6,10,15H,2-4,7-9H2,1H3. The van der Waals surface area contributed by atoms with Crippen LogP contribution in [-0.2, 0) is 5.75 Å². The van der Waals surface area contributed by atoms with Gasteiger partial charge in [0.25, 0.3) is 5.91 Å². The van der Waals surface area contributed by atoms with Crippen LogP contribution in [0.1, 0.15) is 35.6 Å². The second-order valence-corrected chi connectivity index (χ2v) is 5.40. The lowest BCUT2D eigenvalue weighted by molar-refractivity contribution is 0.0472. The van der Waals surface area contributed by atoms with Crippen LogP contribution in [0, 0.1) is 0 Å². The van der Waals surface area contributed by atoms with Gasteiger partial charge in [0.05, 0.1) is 18.4 Å². The Kier molecular flexibility index (Phi) is 4.72. The maximum Gasteiger partial charge on any atom is 0.289 e. The minimum absolute atomic E-state index is 0.0319. The molecule has 1 N–H and O–H groups in total. The molecule has 0 bridgehead atoms. The van der Waals surface area contributed by atoms with E-state index in [-0.39, 0.29) is 18.6 Å². The summed E-state index contributed by atoms with van der Waals surface area (Å²) in [5.74, 6) is 1.89. The third-order valence-corrected chi connectivity index (χ3v) is 3.83. The molecular weight excluding hydrogens is 250 g/mol. The van der Waals surface area contributed by atoms with E-state index in [1.807, 2.05) is 12.3 Å². The molecule has 100 valence electrons. The van der Waals surface area contributed by atoms with Crippen LogP contribution in [0.2, 0.25) is 0 Å². The van der Waals surface area contributed by atoms with Gasteiger partial charge >= 0.3 is 0 Å². The van der Waals surface area contributed by atoms with Crippen molar-refractivity contribution in [2.75, 3.05) is 19.4 Å². The van der Waals surface area contributed by atoms with Crippen LogP contribution in [0.4, 0.5) is 0 Å². The molecule has 0 spiro atoms. The number of hydrogen-bond acceptors (Lipinski definition) is 4. The van der Waals surface area contributed by atoms with Crippen LogP contribution < -0.4 is 0 Å². The lowest BCUT2D eigenvalue weighted by Crippen LogP contribution is -2.45. The number of likely N-dealkylation sites (tertiary alicyclic amines) is 1. The number of amides is 1. The maximum absolute atomic E-state index is 12.3. The van der Waals surface area contributed by atoms with Crippen LogP contribution in [0.15, 0.2) is 16.5 Å². The van der Waals surface area contributed by atoms with E-state index in [2.05, 4.69) is 0 Å². The molecule has 1 amide bonds. The summed E-state index contributed by atoms with van der Waals surface area (Å²) in [5, 5.41) is 9.32. The Labute approximate surface area is 111 Å². The van der Waals surface area contributed by atoms with E-state index in [4.69, 9.17) is 4.42 Å². The van der Waals surface area contributed by atoms with Gasteiger partial charge in [-0.2, -0.15) is 11.8 Å². The zero-order valence-electron chi connectivity index (χ0n) is 10.6. The number of aliphatic hydroxyl groups excluding tert-OH is 1. The van der Waals surface area contributed by atoms with Crippen LogP contribution in [0.25, 0.3) is 0 Å². The van der Waals surface area contributed by atoms with Gasteiger partial charge in [-0.25, -0.2) is 0 Å². The normalized spacial score (nSPS) is 20.1. The quantitative estimate of drug-likeness (QED) is 0.909. The average Bonchev–Trinajstić information content (AvgIpc) is 2.87. The van der Waals surface area contributed by atoms with E-state index in [1.54, 1.807) is 22.7 Å². The van der Waals surface area contributed by atoms with E-state index >= 15 is 0 Å². The van der Waals surface area contributed by atoms with Crippen molar-refractivity contribution >= 4 is 17.7 Å². The fraction of sp³-hybridized carbons (Fsp3) is 0.615. The van der Waals surface area contributed by atoms with Crippen molar-refractivity contribution < 1.29 is 14.3 Å². The Morgan fingerprint density at radius 1 is 1.56 bits per heavy atom. The molecule has 1 saturated heterocycles. The highest BCUT2D eigenvalue weighted by Gasteiger charge is 2.28. The first-order chi connectivity index (χ1) is 8.76. The summed E-state index contributed by atoms with van der Waals surface area (Å²) in [5.41, 5.74) is 0. The molecule has 0 radical (unpaired) electrons. The van der Waals surface area contributed by atoms with E-state index < -0.39 is 0 Å². The number of furan rings is 1. The fourth-order valence-electron chi connectivity index (χ4n) is 2.31. The van der Waals surface area contributed by atoms with Crippen molar-refractivity contribution in [1.29, 1.82) is 0 Å². The molecule has 0 aromatic carbocycles. The van der Waals surface area contributed by atoms with Crippen LogP contribution in [0.3, 0.4) is 0 Å². The highest BCUT2D eigenvalue weighted by Crippen LogP contribution is 2.21. The van der Waals surface area contributed by atoms with Crippen LogP contribution in [-0.4, -0.2) is 41.4 Å². The minimum atomic E-state index is -0.0962. The Morgan fingerprint density at radius 3 is 3.11 bits per heavy atom. The molecule has 1 fully saturated rings. The second-order valence-electron chi connectivity index (χ2n) is 4.53. The van der Waals surface area contributed by atoms with Crippen molar-refractivity contribution in [1.82, 2.24) is 4.90 Å². The Morgan fingerprint density at radius 2 is 2.39 bits per heavy atom. The number of piperidine rings is 1. The van der Waals surface area contributed by atoms with Gasteiger partial charge in [0.1, 0.15) is 5.76 Å². The monoisotopic (exact) mass is 269 g/mol. The Balaban J connectivity index is 2.08. The predicted molar refractivity (Wildman–Crippen MR) is 71.7 cm³/mol. The number of rotatable bonds is 4. The third-order valence-electron chi connectivity index (χ3n) is 3.26. The fourth-order valence-corrected chi connectivity index (χ4v) is 2.75. The van der Waals surface area contributed by atoms with E-state index in [0.29, 0.717) is 12.3 Å². The molecule has 1 aromatic rings. The second kappa shape index (κ2) is 6.29. The molecule has 1 aromatic heterocycles. The molecule has 2 rings (SSSR count). The molecule has 5 heteroatoms. The summed E-state index contributed by atoms with van der Waals surface area (Å²) >= 11 is 1.66. The number of carbonyl (C=O) groups excluding carboxylic acids is 1. The van der Waals surface area contributed by atoms with Gasteiger partial charge in [0.2, 0.25) is 0 Å². The topological polar surface area (TPSA) is 53.7 Å². The largest absolute Gasteiger partial charge is 0.455 e. The van der Waals surface area contributed by atoms with Crippen molar-refractivity contribution in [2.24, 2.45) is 0 Å². The Bertz CT molecular complexity index is 405. The van der Waals surface area contributed by atoms with E-state index in [1.165, 1.54) is 0 Å². The highest BCUT2D eigenvalue weighted by atomic mass is 32.2. The number of hydrogen-bond donors (Lipinski definition) is 1. The smallest absolute Gasteiger partial charge is 0.289 e. The number of thioether (sulfide) groups is 1. The number of nitrogens with zero attached hydrogens (tertiary/aromatic N) is 1. The predicted octanol–water partition coefficient (Wildman–Crippen LogP) is 2.13. The molecule has 1 aliphatic heterocycles. The lowest BCUT2D eigenvalue weighted by atomic mass is 10.0. The van der Waals surface area contributed by atoms with Crippen molar-refractivity contribution in [3.05, 3.63) is 23.7 Å². The van der Waals surface area contributed by atoms with Gasteiger partial charge in [-0.15, -0.1) is 0 Å². The first kappa shape index (κ1) is 13.5. The van der Waals surface area contributed by atoms with Crippen LogP contribution in [0.5, 0.6) is 0 Å². The highest BCUT2D eigenvalue weighted by molar-refractivity contribution is 7.97. The lowest BCUT2D eigenvalue weighted by Gasteiger charge is -2.33. The van der Waals surface area contributed by atoms with Crippen LogP contribution >= 0.6 is 11.8 Å². The van der Waals surface area contributed by atoms with E-state index in [9.17, 15) is 9.90 Å². The molecule has 0 aliphatic carbocycles. The number of carbonyl (C=O) groups is 1. The molecule has 18 heavy (non-hydrogen) atoms. The van der Waals surface area contributed by atoms with Crippen molar-refractivity contribution in [2.45, 2.75) is 31.1 Å². The molecule has 1 unspecified atom stereocenters. The zero-order chi connectivity index (χ0) is 13.0. The summed E-state index contributed by atoms with van der Waals surface area (Å²) in [6, 6.07) is 3.53. The van der Waals surface area contributed by atoms with Gasteiger partial charge < -0.3 is 14.4 Å². The van der Waals surface area contributed by atoms with Crippen molar-refractivity contribution in [3.8, 4) is 0 Å². The summed E-state index contributed by atoms with van der Waals surface area (Å²) in [6.45, 7) is 0.743. The van der Waals surface area contributed by atoms with E-state index in [0.717, 1.165) is 30.8 Å². The van der Waals surface area contributed by atoms with Gasteiger partial charge in [0, 0.05) is 6.54 Å². The summed E-state index contributed by atoms with van der Waals surface area (Å²) in [7, 11) is 0. The first-order valence-electron chi connectivity index (χ1n) is 6.25. The minimum Gasteiger partial charge on any atom is -0.455 e. The van der Waals surface area contributed by atoms with Gasteiger partial charge in [-0.1, -0.05) is 0 Å². The molecular formula is C13H19NO3S. The van der Waals surface area contributed by atoms with Gasteiger partial charge in [-0.05, 0) is 37.7 Å². The zero-order valence-corrected chi connectivity index (χ0v) is 11.4. The molecule has 1 aliphatic rings. The van der Waals surface area contributed by atoms with Gasteiger partial charge in [-0.3, -0.25) is 4.79 Å². The number of aliphatic hydroxyl groups is 1. The Hall–Kier alpha value is -0.940. The summed E-state index contributed by atoms with van der Waals surface area (Å²) in [6.07, 6.45) is 4.95. The SMILES string of the molecule is CSCc1ccc(C(=O)N2CCCCC2CO)o1. The average molecular weight is 269 g/mol. The molecule has 1 atom stereocenters. The van der Waals surface area contributed by atoms with Gasteiger partial charge in [0.15, 0.2) is 5.76 Å². The van der Waals surface area contributed by atoms with Crippen molar-refractivity contribution in [3.63, 3.8) is 0 Å².